The average Bonchev–Trinajstić information content (AvgIpc) is 2.16. The van der Waals surface area contributed by atoms with E-state index in [-0.39, 0.29) is 0 Å². The van der Waals surface area contributed by atoms with E-state index in [9.17, 15) is 4.79 Å². The van der Waals surface area contributed by atoms with E-state index in [1.807, 2.05) is 25.1 Å². The summed E-state index contributed by atoms with van der Waals surface area (Å²) in [6, 6.07) is 5.75. The van der Waals surface area contributed by atoms with Gasteiger partial charge in [-0.2, -0.15) is 0 Å². The molecule has 1 atom stereocenters. The maximum Gasteiger partial charge on any atom is 0.260 e. The first-order chi connectivity index (χ1) is 6.66. The summed E-state index contributed by atoms with van der Waals surface area (Å²) in [4.78, 5) is 10.9. The second-order valence-electron chi connectivity index (χ2n) is 3.39. The van der Waals surface area contributed by atoms with Crippen molar-refractivity contribution in [3.05, 3.63) is 23.8 Å². The van der Waals surface area contributed by atoms with Crippen LogP contribution in [0.1, 0.15) is 5.56 Å². The summed E-state index contributed by atoms with van der Waals surface area (Å²) in [5.74, 6) is 0.245. The lowest BCUT2D eigenvalue weighted by molar-refractivity contribution is -0.124. The Morgan fingerprint density at radius 1 is 1.64 bits per heavy atom. The van der Waals surface area contributed by atoms with Gasteiger partial charge in [-0.05, 0) is 24.6 Å². The fourth-order valence-corrected chi connectivity index (χ4v) is 1.44. The molecule has 1 aromatic rings. The minimum Gasteiger partial charge on any atom is -0.477 e. The molecule has 0 spiro atoms. The fraction of sp³-hybridized carbons (Fsp3) is 0.300. The molecule has 0 saturated heterocycles. The standard InChI is InChI=1S/C10H12N2O2/c1-6-2-3-8-7(4-6)12-5-9(14-8)10(11)13/h2-4,9,12H,5H2,1H3,(H2,11,13). The highest BCUT2D eigenvalue weighted by Gasteiger charge is 2.23. The summed E-state index contributed by atoms with van der Waals surface area (Å²) in [5, 5.41) is 3.11. The Hall–Kier alpha value is -1.71. The first kappa shape index (κ1) is 8.87. The molecule has 74 valence electrons. The zero-order chi connectivity index (χ0) is 10.1. The van der Waals surface area contributed by atoms with Crippen LogP contribution in [0.25, 0.3) is 0 Å². The van der Waals surface area contributed by atoms with Crippen LogP contribution in [0.15, 0.2) is 18.2 Å². The Kier molecular flexibility index (Phi) is 2.04. The van der Waals surface area contributed by atoms with Crippen molar-refractivity contribution in [2.24, 2.45) is 5.73 Å². The lowest BCUT2D eigenvalue weighted by Crippen LogP contribution is -2.41. The van der Waals surface area contributed by atoms with Gasteiger partial charge in [0.1, 0.15) is 5.75 Å². The number of fused-ring (bicyclic) bond motifs is 1. The molecule has 0 saturated carbocycles. The van der Waals surface area contributed by atoms with Crippen LogP contribution in [0.4, 0.5) is 5.69 Å². The molecule has 0 aromatic heterocycles. The molecule has 2 rings (SSSR count). The summed E-state index contributed by atoms with van der Waals surface area (Å²) >= 11 is 0. The van der Waals surface area contributed by atoms with Crippen LogP contribution in [0.3, 0.4) is 0 Å². The lowest BCUT2D eigenvalue weighted by atomic mass is 10.1. The Bertz CT molecular complexity index is 376. The number of primary amides is 1. The van der Waals surface area contributed by atoms with Crippen molar-refractivity contribution in [2.45, 2.75) is 13.0 Å². The third-order valence-corrected chi connectivity index (χ3v) is 2.20. The number of carbonyl (C=O) groups is 1. The molecule has 0 aliphatic carbocycles. The minimum absolute atomic E-state index is 0.436. The van der Waals surface area contributed by atoms with Crippen LogP contribution in [-0.2, 0) is 4.79 Å². The topological polar surface area (TPSA) is 64.3 Å². The first-order valence-corrected chi connectivity index (χ1v) is 4.47. The van der Waals surface area contributed by atoms with Crippen LogP contribution in [0, 0.1) is 6.92 Å². The molecular formula is C10H12N2O2. The maximum absolute atomic E-state index is 10.9. The van der Waals surface area contributed by atoms with Crippen LogP contribution >= 0.6 is 0 Å². The predicted molar refractivity (Wildman–Crippen MR) is 53.3 cm³/mol. The molecule has 1 aliphatic heterocycles. The fourth-order valence-electron chi connectivity index (χ4n) is 1.44. The Balaban J connectivity index is 2.27. The van der Waals surface area contributed by atoms with Gasteiger partial charge in [0.25, 0.3) is 5.91 Å². The highest BCUT2D eigenvalue weighted by Crippen LogP contribution is 2.29. The molecule has 0 fully saturated rings. The molecule has 1 heterocycles. The van der Waals surface area contributed by atoms with Crippen LogP contribution < -0.4 is 15.8 Å². The number of aryl methyl sites for hydroxylation is 1. The smallest absolute Gasteiger partial charge is 0.260 e. The summed E-state index contributed by atoms with van der Waals surface area (Å²) < 4.78 is 5.41. The van der Waals surface area contributed by atoms with E-state index in [2.05, 4.69) is 5.32 Å². The number of benzene rings is 1. The van der Waals surface area contributed by atoms with Gasteiger partial charge in [0.15, 0.2) is 6.10 Å². The maximum atomic E-state index is 10.9. The highest BCUT2D eigenvalue weighted by atomic mass is 16.5. The summed E-state index contributed by atoms with van der Waals surface area (Å²) in [6.45, 7) is 2.44. The lowest BCUT2D eigenvalue weighted by Gasteiger charge is -2.25. The van der Waals surface area contributed by atoms with Crippen molar-refractivity contribution < 1.29 is 9.53 Å². The van der Waals surface area contributed by atoms with Crippen molar-refractivity contribution >= 4 is 11.6 Å². The van der Waals surface area contributed by atoms with E-state index in [0.717, 1.165) is 11.3 Å². The van der Waals surface area contributed by atoms with E-state index >= 15 is 0 Å². The third kappa shape index (κ3) is 1.51. The number of hydrogen-bond donors (Lipinski definition) is 2. The van der Waals surface area contributed by atoms with E-state index < -0.39 is 12.0 Å². The number of rotatable bonds is 1. The molecule has 0 bridgehead atoms. The van der Waals surface area contributed by atoms with E-state index in [4.69, 9.17) is 10.5 Å². The largest absolute Gasteiger partial charge is 0.477 e. The van der Waals surface area contributed by atoms with Gasteiger partial charge >= 0.3 is 0 Å². The Morgan fingerprint density at radius 2 is 2.43 bits per heavy atom. The molecule has 0 radical (unpaired) electrons. The molecule has 1 aliphatic rings. The Morgan fingerprint density at radius 3 is 3.14 bits per heavy atom. The normalized spacial score (nSPS) is 19.1. The van der Waals surface area contributed by atoms with Gasteiger partial charge in [0.2, 0.25) is 0 Å². The van der Waals surface area contributed by atoms with Crippen molar-refractivity contribution in [3.63, 3.8) is 0 Å². The number of amides is 1. The molecule has 3 N–H and O–H groups in total. The third-order valence-electron chi connectivity index (χ3n) is 2.20. The van der Waals surface area contributed by atoms with Gasteiger partial charge in [-0.3, -0.25) is 4.79 Å². The SMILES string of the molecule is Cc1ccc2c(c1)NCC(C(N)=O)O2. The van der Waals surface area contributed by atoms with E-state index in [1.165, 1.54) is 0 Å². The second-order valence-corrected chi connectivity index (χ2v) is 3.39. The monoisotopic (exact) mass is 192 g/mol. The summed E-state index contributed by atoms with van der Waals surface area (Å²) in [5.41, 5.74) is 7.22. The van der Waals surface area contributed by atoms with Crippen molar-refractivity contribution in [1.82, 2.24) is 0 Å². The van der Waals surface area contributed by atoms with Gasteiger partial charge in [-0.1, -0.05) is 6.07 Å². The highest BCUT2D eigenvalue weighted by molar-refractivity contribution is 5.81. The predicted octanol–water partition coefficient (Wildman–Crippen LogP) is 0.653. The average molecular weight is 192 g/mol. The van der Waals surface area contributed by atoms with E-state index in [0.29, 0.717) is 12.3 Å². The number of anilines is 1. The van der Waals surface area contributed by atoms with Crippen LogP contribution in [0.5, 0.6) is 5.75 Å². The van der Waals surface area contributed by atoms with Crippen molar-refractivity contribution in [2.75, 3.05) is 11.9 Å². The van der Waals surface area contributed by atoms with Crippen molar-refractivity contribution in [3.8, 4) is 5.75 Å². The first-order valence-electron chi connectivity index (χ1n) is 4.47. The Labute approximate surface area is 82.1 Å². The number of nitrogens with two attached hydrogens (primary N) is 1. The minimum atomic E-state index is -0.565. The van der Waals surface area contributed by atoms with Crippen molar-refractivity contribution in [1.29, 1.82) is 0 Å². The van der Waals surface area contributed by atoms with Gasteiger partial charge in [0.05, 0.1) is 12.2 Å². The molecule has 4 heteroatoms. The number of hydrogen-bond acceptors (Lipinski definition) is 3. The number of nitrogens with one attached hydrogen (secondary N) is 1. The van der Waals surface area contributed by atoms with Gasteiger partial charge in [-0.25, -0.2) is 0 Å². The molecule has 1 amide bonds. The molecule has 4 nitrogen and oxygen atoms in total. The molecule has 1 unspecified atom stereocenters. The zero-order valence-electron chi connectivity index (χ0n) is 7.91. The molecule has 1 aromatic carbocycles. The summed E-state index contributed by atoms with van der Waals surface area (Å²) in [7, 11) is 0. The molecule has 14 heavy (non-hydrogen) atoms. The number of ether oxygens (including phenoxy) is 1. The van der Waals surface area contributed by atoms with Gasteiger partial charge < -0.3 is 15.8 Å². The van der Waals surface area contributed by atoms with Gasteiger partial charge in [0, 0.05) is 0 Å². The van der Waals surface area contributed by atoms with Crippen LogP contribution in [0.2, 0.25) is 0 Å². The van der Waals surface area contributed by atoms with Crippen LogP contribution in [-0.4, -0.2) is 18.6 Å². The second kappa shape index (κ2) is 3.21. The molecular weight excluding hydrogens is 180 g/mol. The number of carbonyl (C=O) groups excluding carboxylic acids is 1. The quantitative estimate of drug-likeness (QED) is 0.686. The van der Waals surface area contributed by atoms with Gasteiger partial charge in [-0.15, -0.1) is 0 Å². The summed E-state index contributed by atoms with van der Waals surface area (Å²) in [6.07, 6.45) is -0.565. The zero-order valence-corrected chi connectivity index (χ0v) is 7.91. The van der Waals surface area contributed by atoms with E-state index in [1.54, 1.807) is 0 Å².